The van der Waals surface area contributed by atoms with E-state index in [9.17, 15) is 14.9 Å². The van der Waals surface area contributed by atoms with Crippen molar-refractivity contribution in [1.82, 2.24) is 4.98 Å². The molecule has 7 heteroatoms. The first-order chi connectivity index (χ1) is 14.0. The van der Waals surface area contributed by atoms with Gasteiger partial charge in [-0.05, 0) is 29.7 Å². The van der Waals surface area contributed by atoms with Gasteiger partial charge < -0.3 is 14.5 Å². The summed E-state index contributed by atoms with van der Waals surface area (Å²) in [6, 6.07) is 15.0. The van der Waals surface area contributed by atoms with Gasteiger partial charge in [0.15, 0.2) is 0 Å². The Balaban J connectivity index is 1.83. The number of carbonyl (C=O) groups excluding carboxylic acids is 2. The van der Waals surface area contributed by atoms with Crippen molar-refractivity contribution in [3.63, 3.8) is 0 Å². The smallest absolute Gasteiger partial charge is 0.434 e. The number of benzene rings is 2. The van der Waals surface area contributed by atoms with Gasteiger partial charge in [0.25, 0.3) is 0 Å². The van der Waals surface area contributed by atoms with Crippen molar-refractivity contribution in [2.75, 3.05) is 7.11 Å². The fraction of sp³-hybridized carbons (Fsp3) is 0.182. The van der Waals surface area contributed by atoms with E-state index in [0.717, 1.165) is 27.6 Å². The zero-order valence-electron chi connectivity index (χ0n) is 16.1. The van der Waals surface area contributed by atoms with E-state index in [1.54, 1.807) is 12.3 Å². The van der Waals surface area contributed by atoms with Gasteiger partial charge in [-0.15, -0.1) is 0 Å². The lowest BCUT2D eigenvalue weighted by Crippen LogP contribution is -2.20. The van der Waals surface area contributed by atoms with Crippen molar-refractivity contribution in [2.24, 2.45) is 4.99 Å². The Morgan fingerprint density at radius 2 is 1.93 bits per heavy atom. The number of aromatic amines is 1. The lowest BCUT2D eigenvalue weighted by molar-refractivity contribution is -0.132. The monoisotopic (exact) mass is 389 g/mol. The number of ether oxygens (including phenoxy) is 2. The quantitative estimate of drug-likeness (QED) is 0.527. The van der Waals surface area contributed by atoms with Crippen LogP contribution >= 0.6 is 0 Å². The first-order valence-electron chi connectivity index (χ1n) is 8.89. The zero-order valence-corrected chi connectivity index (χ0v) is 16.1. The zero-order chi connectivity index (χ0) is 20.8. The number of carbonyl (C=O) groups is 2. The molecule has 7 nitrogen and oxygen atoms in total. The fourth-order valence-corrected chi connectivity index (χ4v) is 3.01. The number of nitriles is 1. The maximum atomic E-state index is 12.1. The average molecular weight is 389 g/mol. The number of aromatic nitrogens is 1. The van der Waals surface area contributed by atoms with Crippen LogP contribution in [0, 0.1) is 18.3 Å². The summed E-state index contributed by atoms with van der Waals surface area (Å²) in [6.45, 7) is 1.95. The highest BCUT2D eigenvalue weighted by molar-refractivity contribution is 6.38. The molecule has 3 aromatic rings. The number of amides is 1. The molecule has 0 fully saturated rings. The Kier molecular flexibility index (Phi) is 6.05. The van der Waals surface area contributed by atoms with E-state index < -0.39 is 12.1 Å². The van der Waals surface area contributed by atoms with Crippen LogP contribution in [-0.4, -0.2) is 29.9 Å². The second kappa shape index (κ2) is 8.85. The molecule has 1 heterocycles. The standard InChI is InChI=1S/C22H19N3O4/c1-14-8-16(9-18-17(11-23)12-24-20(14)18)10-19(21(26)28-2)25-22(27)29-13-15-6-4-3-5-7-15/h3-9,12,24H,10,13H2,1-2H3. The summed E-state index contributed by atoms with van der Waals surface area (Å²) in [5.74, 6) is -0.714. The molecule has 0 bridgehead atoms. The lowest BCUT2D eigenvalue weighted by Gasteiger charge is -2.07. The van der Waals surface area contributed by atoms with Gasteiger partial charge in [0, 0.05) is 23.5 Å². The molecule has 1 N–H and O–H groups in total. The molecule has 0 unspecified atom stereocenters. The van der Waals surface area contributed by atoms with Crippen molar-refractivity contribution < 1.29 is 19.1 Å². The molecule has 0 aliphatic heterocycles. The molecule has 0 saturated heterocycles. The normalized spacial score (nSPS) is 11.1. The lowest BCUT2D eigenvalue weighted by atomic mass is 10.0. The van der Waals surface area contributed by atoms with Crippen LogP contribution in [-0.2, 0) is 27.3 Å². The van der Waals surface area contributed by atoms with Gasteiger partial charge in [-0.1, -0.05) is 36.4 Å². The van der Waals surface area contributed by atoms with E-state index in [1.807, 2.05) is 43.3 Å². The molecule has 146 valence electrons. The maximum Gasteiger partial charge on any atom is 0.434 e. The number of methoxy groups -OCH3 is 1. The van der Waals surface area contributed by atoms with Crippen LogP contribution < -0.4 is 0 Å². The summed E-state index contributed by atoms with van der Waals surface area (Å²) in [5.41, 5.74) is 3.74. The van der Waals surface area contributed by atoms with Crippen LogP contribution in [0.4, 0.5) is 4.79 Å². The van der Waals surface area contributed by atoms with Crippen LogP contribution in [0.3, 0.4) is 0 Å². The molecule has 0 spiro atoms. The van der Waals surface area contributed by atoms with E-state index in [2.05, 4.69) is 16.0 Å². The van der Waals surface area contributed by atoms with Crippen molar-refractivity contribution in [2.45, 2.75) is 20.0 Å². The number of nitrogens with zero attached hydrogens (tertiary/aromatic N) is 2. The average Bonchev–Trinajstić information content (AvgIpc) is 3.15. The predicted octanol–water partition coefficient (Wildman–Crippen LogP) is 3.84. The second-order valence-corrected chi connectivity index (χ2v) is 6.42. The van der Waals surface area contributed by atoms with Gasteiger partial charge in [0.1, 0.15) is 18.4 Å². The summed E-state index contributed by atoms with van der Waals surface area (Å²) in [5, 5.41) is 10.0. The number of aryl methyl sites for hydroxylation is 1. The van der Waals surface area contributed by atoms with Crippen molar-refractivity contribution in [1.29, 1.82) is 5.26 Å². The molecule has 1 amide bonds. The minimum absolute atomic E-state index is 0.0531. The molecule has 0 aliphatic carbocycles. The predicted molar refractivity (Wildman–Crippen MR) is 108 cm³/mol. The summed E-state index contributed by atoms with van der Waals surface area (Å²) in [7, 11) is 1.22. The summed E-state index contributed by atoms with van der Waals surface area (Å²) in [6.07, 6.45) is 0.837. The second-order valence-electron chi connectivity index (χ2n) is 6.42. The number of fused-ring (bicyclic) bond motifs is 1. The van der Waals surface area contributed by atoms with E-state index >= 15 is 0 Å². The topological polar surface area (TPSA) is 105 Å². The molecule has 2 aromatic carbocycles. The van der Waals surface area contributed by atoms with E-state index in [0.29, 0.717) is 5.56 Å². The van der Waals surface area contributed by atoms with E-state index in [4.69, 9.17) is 9.47 Å². The number of rotatable bonds is 5. The molecule has 0 aliphatic rings. The third kappa shape index (κ3) is 4.68. The van der Waals surface area contributed by atoms with Gasteiger partial charge in [-0.3, -0.25) is 0 Å². The molecule has 0 radical (unpaired) electrons. The number of hydrogen-bond acceptors (Lipinski definition) is 5. The van der Waals surface area contributed by atoms with Gasteiger partial charge in [-0.2, -0.15) is 10.3 Å². The van der Waals surface area contributed by atoms with Gasteiger partial charge in [0.05, 0.1) is 12.7 Å². The highest BCUT2D eigenvalue weighted by Gasteiger charge is 2.17. The number of H-pyrrole nitrogens is 1. The third-order valence-electron chi connectivity index (χ3n) is 4.39. The van der Waals surface area contributed by atoms with Crippen molar-refractivity contribution in [3.05, 3.63) is 70.9 Å². The highest BCUT2D eigenvalue weighted by atomic mass is 16.5. The molecular weight excluding hydrogens is 370 g/mol. The first-order valence-corrected chi connectivity index (χ1v) is 8.89. The minimum atomic E-state index is -0.869. The van der Waals surface area contributed by atoms with Crippen LogP contribution in [0.2, 0.25) is 0 Å². The first kappa shape index (κ1) is 19.8. The van der Waals surface area contributed by atoms with Crippen molar-refractivity contribution >= 4 is 28.7 Å². The maximum absolute atomic E-state index is 12.1. The molecule has 1 aromatic heterocycles. The summed E-state index contributed by atoms with van der Waals surface area (Å²) in [4.78, 5) is 31.1. The molecule has 0 atom stereocenters. The molecule has 0 saturated carbocycles. The molecule has 29 heavy (non-hydrogen) atoms. The Labute approximate surface area is 167 Å². The van der Waals surface area contributed by atoms with Gasteiger partial charge in [0.2, 0.25) is 0 Å². The van der Waals surface area contributed by atoms with Crippen LogP contribution in [0.25, 0.3) is 10.9 Å². The Morgan fingerprint density at radius 1 is 1.17 bits per heavy atom. The fourth-order valence-electron chi connectivity index (χ4n) is 3.01. The highest BCUT2D eigenvalue weighted by Crippen LogP contribution is 2.23. The van der Waals surface area contributed by atoms with Gasteiger partial charge >= 0.3 is 12.1 Å². The summed E-state index contributed by atoms with van der Waals surface area (Å²) >= 11 is 0. The van der Waals surface area contributed by atoms with E-state index in [-0.39, 0.29) is 18.7 Å². The van der Waals surface area contributed by atoms with Crippen LogP contribution in [0.5, 0.6) is 0 Å². The largest absolute Gasteiger partial charge is 0.465 e. The number of aliphatic imine (C=N–C) groups is 1. The van der Waals surface area contributed by atoms with Crippen LogP contribution in [0.1, 0.15) is 22.3 Å². The van der Waals surface area contributed by atoms with Gasteiger partial charge in [-0.25, -0.2) is 9.59 Å². The number of nitrogens with one attached hydrogen (secondary N) is 1. The van der Waals surface area contributed by atoms with Crippen LogP contribution in [0.15, 0.2) is 53.7 Å². The Bertz CT molecular complexity index is 1120. The Hall–Kier alpha value is -3.92. The minimum Gasteiger partial charge on any atom is -0.465 e. The number of hydrogen-bond donors (Lipinski definition) is 1. The van der Waals surface area contributed by atoms with Crippen molar-refractivity contribution in [3.8, 4) is 6.07 Å². The summed E-state index contributed by atoms with van der Waals surface area (Å²) < 4.78 is 9.89. The third-order valence-corrected chi connectivity index (χ3v) is 4.39. The number of esters is 1. The molecular formula is C22H19N3O4. The molecule has 3 rings (SSSR count). The van der Waals surface area contributed by atoms with E-state index in [1.165, 1.54) is 7.11 Å². The Morgan fingerprint density at radius 3 is 2.62 bits per heavy atom. The SMILES string of the molecule is COC(=O)C(Cc1cc(C)c2[nH]cc(C#N)c2c1)=NC(=O)OCc1ccccc1.